The number of benzene rings is 2. The van der Waals surface area contributed by atoms with Crippen LogP contribution >= 0.6 is 0 Å². The lowest BCUT2D eigenvalue weighted by Gasteiger charge is -2.39. The molecule has 2 aromatic rings. The van der Waals surface area contributed by atoms with Gasteiger partial charge in [-0.2, -0.15) is 0 Å². The first-order valence-corrected chi connectivity index (χ1v) is 10.9. The maximum Gasteiger partial charge on any atom is 0.234 e. The smallest absolute Gasteiger partial charge is 0.234 e. The van der Waals surface area contributed by atoms with Crippen LogP contribution in [0.1, 0.15) is 42.9 Å². The van der Waals surface area contributed by atoms with Crippen LogP contribution in [0.4, 0.5) is 8.78 Å². The van der Waals surface area contributed by atoms with Gasteiger partial charge in [-0.15, -0.1) is 0 Å². The highest BCUT2D eigenvalue weighted by molar-refractivity contribution is 5.78. The molecule has 0 unspecified atom stereocenters. The quantitative estimate of drug-likeness (QED) is 0.784. The van der Waals surface area contributed by atoms with Crippen molar-refractivity contribution in [1.82, 2.24) is 15.1 Å². The number of carbonyl (C=O) groups excluding carboxylic acids is 1. The molecule has 0 atom stereocenters. The molecule has 0 radical (unpaired) electrons. The molecule has 2 fully saturated rings. The zero-order valence-electron chi connectivity index (χ0n) is 17.2. The molecule has 2 aromatic carbocycles. The van der Waals surface area contributed by atoms with E-state index in [-0.39, 0.29) is 23.6 Å². The van der Waals surface area contributed by atoms with Gasteiger partial charge in [0.1, 0.15) is 11.6 Å². The lowest BCUT2D eigenvalue weighted by Crippen LogP contribution is -2.51. The Morgan fingerprint density at radius 1 is 0.867 bits per heavy atom. The van der Waals surface area contributed by atoms with Crippen LogP contribution in [0.3, 0.4) is 0 Å². The van der Waals surface area contributed by atoms with Gasteiger partial charge >= 0.3 is 0 Å². The van der Waals surface area contributed by atoms with E-state index in [1.165, 1.54) is 37.1 Å². The van der Waals surface area contributed by atoms with E-state index in [9.17, 15) is 13.6 Å². The summed E-state index contributed by atoms with van der Waals surface area (Å²) in [6.45, 7) is 3.59. The van der Waals surface area contributed by atoms with Crippen LogP contribution in [-0.2, 0) is 4.79 Å². The summed E-state index contributed by atoms with van der Waals surface area (Å²) in [7, 11) is 0. The van der Waals surface area contributed by atoms with Crippen LogP contribution < -0.4 is 5.32 Å². The Balaban J connectivity index is 1.40. The molecule has 0 aromatic heterocycles. The van der Waals surface area contributed by atoms with Crippen LogP contribution in [0.2, 0.25) is 0 Å². The van der Waals surface area contributed by atoms with Crippen LogP contribution in [-0.4, -0.2) is 54.5 Å². The predicted octanol–water partition coefficient (Wildman–Crippen LogP) is 3.73. The second-order valence-corrected chi connectivity index (χ2v) is 8.37. The number of amides is 1. The zero-order chi connectivity index (χ0) is 20.9. The fourth-order valence-electron chi connectivity index (χ4n) is 4.63. The molecule has 0 spiro atoms. The molecule has 160 valence electrons. The molecule has 1 aliphatic heterocycles. The first kappa shape index (κ1) is 20.9. The van der Waals surface area contributed by atoms with Gasteiger partial charge in [0.05, 0.1) is 12.6 Å². The summed E-state index contributed by atoms with van der Waals surface area (Å²) in [5.41, 5.74) is 1.96. The van der Waals surface area contributed by atoms with E-state index in [2.05, 4.69) is 15.1 Å². The fourth-order valence-corrected chi connectivity index (χ4v) is 4.63. The van der Waals surface area contributed by atoms with E-state index in [0.717, 1.165) is 50.1 Å². The first-order valence-electron chi connectivity index (χ1n) is 10.9. The molecule has 2 aliphatic rings. The van der Waals surface area contributed by atoms with Crippen molar-refractivity contribution in [1.29, 1.82) is 0 Å². The zero-order valence-corrected chi connectivity index (χ0v) is 17.2. The molecular formula is C24H29F2N3O. The Kier molecular flexibility index (Phi) is 6.75. The predicted molar refractivity (Wildman–Crippen MR) is 113 cm³/mol. The van der Waals surface area contributed by atoms with E-state index < -0.39 is 0 Å². The van der Waals surface area contributed by atoms with Crippen molar-refractivity contribution < 1.29 is 13.6 Å². The molecule has 4 nitrogen and oxygen atoms in total. The highest BCUT2D eigenvalue weighted by Crippen LogP contribution is 2.30. The molecule has 30 heavy (non-hydrogen) atoms. The molecule has 0 bridgehead atoms. The number of carbonyl (C=O) groups is 1. The third kappa shape index (κ3) is 5.24. The summed E-state index contributed by atoms with van der Waals surface area (Å²) in [5.74, 6) is -0.423. The van der Waals surface area contributed by atoms with Crippen molar-refractivity contribution in [2.45, 2.75) is 37.8 Å². The van der Waals surface area contributed by atoms with Crippen LogP contribution in [0.15, 0.2) is 48.5 Å². The van der Waals surface area contributed by atoms with E-state index in [1.54, 1.807) is 24.3 Å². The third-order valence-electron chi connectivity index (χ3n) is 6.23. The highest BCUT2D eigenvalue weighted by atomic mass is 19.1. The fraction of sp³-hybridized carbons (Fsp3) is 0.458. The Morgan fingerprint density at radius 2 is 1.37 bits per heavy atom. The maximum absolute atomic E-state index is 13.5. The first-order chi connectivity index (χ1) is 14.6. The summed E-state index contributed by atoms with van der Waals surface area (Å²) in [5, 5.41) is 3.16. The molecule has 4 rings (SSSR count). The Labute approximate surface area is 176 Å². The standard InChI is InChI=1S/C24H29F2N3O/c25-20-9-5-18(6-10-20)24(19-7-11-21(26)12-8-19)29-15-13-28(14-16-29)17-23(30)27-22-3-1-2-4-22/h5-12,22,24H,1-4,13-17H2,(H,27,30). The Hall–Kier alpha value is -2.31. The summed E-state index contributed by atoms with van der Waals surface area (Å²) in [6, 6.07) is 13.3. The van der Waals surface area contributed by atoms with Gasteiger partial charge in [-0.05, 0) is 48.2 Å². The van der Waals surface area contributed by atoms with E-state index in [4.69, 9.17) is 0 Å². The molecule has 6 heteroatoms. The monoisotopic (exact) mass is 413 g/mol. The topological polar surface area (TPSA) is 35.6 Å². The summed E-state index contributed by atoms with van der Waals surface area (Å²) in [6.07, 6.45) is 4.60. The van der Waals surface area contributed by atoms with Crippen LogP contribution in [0.25, 0.3) is 0 Å². The van der Waals surface area contributed by atoms with E-state index in [0.29, 0.717) is 12.6 Å². The van der Waals surface area contributed by atoms with Gasteiger partial charge in [0, 0.05) is 32.2 Å². The van der Waals surface area contributed by atoms with Gasteiger partial charge in [-0.3, -0.25) is 14.6 Å². The van der Waals surface area contributed by atoms with Gasteiger partial charge in [-0.25, -0.2) is 8.78 Å². The normalized spacial score (nSPS) is 18.8. The van der Waals surface area contributed by atoms with Crippen molar-refractivity contribution in [3.05, 3.63) is 71.3 Å². The van der Waals surface area contributed by atoms with Crippen molar-refractivity contribution in [3.63, 3.8) is 0 Å². The van der Waals surface area contributed by atoms with E-state index >= 15 is 0 Å². The number of hydrogen-bond donors (Lipinski definition) is 1. The average molecular weight is 414 g/mol. The lowest BCUT2D eigenvalue weighted by molar-refractivity contribution is -0.123. The molecular weight excluding hydrogens is 384 g/mol. The molecule has 1 heterocycles. The second kappa shape index (κ2) is 9.67. The molecule has 1 saturated heterocycles. The van der Waals surface area contributed by atoms with Crippen molar-refractivity contribution in [3.8, 4) is 0 Å². The number of nitrogens with one attached hydrogen (secondary N) is 1. The minimum atomic E-state index is -0.269. The summed E-state index contributed by atoms with van der Waals surface area (Å²) in [4.78, 5) is 16.9. The second-order valence-electron chi connectivity index (χ2n) is 8.37. The molecule has 1 aliphatic carbocycles. The molecule has 1 amide bonds. The lowest BCUT2D eigenvalue weighted by atomic mass is 9.96. The van der Waals surface area contributed by atoms with Gasteiger partial charge < -0.3 is 5.32 Å². The highest BCUT2D eigenvalue weighted by Gasteiger charge is 2.28. The molecule has 1 saturated carbocycles. The van der Waals surface area contributed by atoms with Crippen molar-refractivity contribution in [2.75, 3.05) is 32.7 Å². The van der Waals surface area contributed by atoms with Crippen LogP contribution in [0, 0.1) is 11.6 Å². The third-order valence-corrected chi connectivity index (χ3v) is 6.23. The number of piperazine rings is 1. The summed E-state index contributed by atoms with van der Waals surface area (Å²) < 4.78 is 26.9. The minimum Gasteiger partial charge on any atom is -0.352 e. The Morgan fingerprint density at radius 3 is 1.87 bits per heavy atom. The van der Waals surface area contributed by atoms with Gasteiger partial charge in [0.15, 0.2) is 0 Å². The molecule has 1 N–H and O–H groups in total. The van der Waals surface area contributed by atoms with Gasteiger partial charge in [-0.1, -0.05) is 37.1 Å². The van der Waals surface area contributed by atoms with E-state index in [1.807, 2.05) is 0 Å². The van der Waals surface area contributed by atoms with Gasteiger partial charge in [0.2, 0.25) is 5.91 Å². The number of hydrogen-bond acceptors (Lipinski definition) is 3. The van der Waals surface area contributed by atoms with Gasteiger partial charge in [0.25, 0.3) is 0 Å². The Bertz CT molecular complexity index is 781. The summed E-state index contributed by atoms with van der Waals surface area (Å²) >= 11 is 0. The largest absolute Gasteiger partial charge is 0.352 e. The number of halogens is 2. The average Bonchev–Trinajstić information content (AvgIpc) is 3.25. The number of rotatable bonds is 6. The minimum absolute atomic E-state index is 0.0688. The SMILES string of the molecule is O=C(CN1CCN(C(c2ccc(F)cc2)c2ccc(F)cc2)CC1)NC1CCCC1. The van der Waals surface area contributed by atoms with Crippen molar-refractivity contribution >= 4 is 5.91 Å². The number of nitrogens with zero attached hydrogens (tertiary/aromatic N) is 2. The maximum atomic E-state index is 13.5. The van der Waals surface area contributed by atoms with Crippen molar-refractivity contribution in [2.24, 2.45) is 0 Å². The van der Waals surface area contributed by atoms with Crippen LogP contribution in [0.5, 0.6) is 0 Å².